The summed E-state index contributed by atoms with van der Waals surface area (Å²) in [5, 5.41) is 6.04. The molecule has 0 unspecified atom stereocenters. The summed E-state index contributed by atoms with van der Waals surface area (Å²) in [6.07, 6.45) is 2.70. The molecule has 0 spiro atoms. The molecule has 0 fully saturated rings. The molecule has 0 saturated heterocycles. The van der Waals surface area contributed by atoms with E-state index in [9.17, 15) is 4.79 Å². The number of ether oxygens (including phenoxy) is 2. The third-order valence-corrected chi connectivity index (χ3v) is 3.39. The van der Waals surface area contributed by atoms with E-state index < -0.39 is 11.7 Å². The molecular weight excluding hydrogens is 300 g/mol. The lowest BCUT2D eigenvalue weighted by atomic mass is 10.2. The summed E-state index contributed by atoms with van der Waals surface area (Å²) >= 11 is 1.83. The summed E-state index contributed by atoms with van der Waals surface area (Å²) in [4.78, 5) is 11.8. The Hall–Kier alpha value is -1.56. The molecule has 0 atom stereocenters. The first-order chi connectivity index (χ1) is 10.4. The van der Waals surface area contributed by atoms with Crippen molar-refractivity contribution in [3.8, 4) is 5.75 Å². The maximum Gasteiger partial charge on any atom is 0.412 e. The Morgan fingerprint density at radius 1 is 1.32 bits per heavy atom. The van der Waals surface area contributed by atoms with E-state index in [4.69, 9.17) is 9.47 Å². The summed E-state index contributed by atoms with van der Waals surface area (Å²) in [7, 11) is 1.58. The monoisotopic (exact) mass is 326 g/mol. The zero-order valence-electron chi connectivity index (χ0n) is 14.0. The van der Waals surface area contributed by atoms with Gasteiger partial charge in [0, 0.05) is 18.3 Å². The first-order valence-electron chi connectivity index (χ1n) is 7.26. The summed E-state index contributed by atoms with van der Waals surface area (Å²) in [6, 6.07) is 5.58. The number of anilines is 2. The molecule has 0 radical (unpaired) electrons. The van der Waals surface area contributed by atoms with Gasteiger partial charge in [-0.2, -0.15) is 11.8 Å². The third kappa shape index (κ3) is 6.93. The number of benzene rings is 1. The van der Waals surface area contributed by atoms with Crippen molar-refractivity contribution in [2.75, 3.05) is 36.3 Å². The van der Waals surface area contributed by atoms with E-state index in [1.807, 2.05) is 44.7 Å². The molecular formula is C16H26N2O3S. The van der Waals surface area contributed by atoms with Crippen LogP contribution in [0.1, 0.15) is 27.2 Å². The van der Waals surface area contributed by atoms with Gasteiger partial charge in [0.2, 0.25) is 0 Å². The minimum absolute atomic E-state index is 0.494. The largest absolute Gasteiger partial charge is 0.494 e. The van der Waals surface area contributed by atoms with Crippen LogP contribution in [0.15, 0.2) is 18.2 Å². The van der Waals surface area contributed by atoms with E-state index in [0.29, 0.717) is 11.4 Å². The zero-order valence-corrected chi connectivity index (χ0v) is 14.8. The molecule has 1 amide bonds. The SMILES string of the molecule is COc1cc(NCCCSC)ccc1NC(=O)OC(C)(C)C. The zero-order chi connectivity index (χ0) is 16.6. The molecule has 0 bridgehead atoms. The fourth-order valence-corrected chi connectivity index (χ4v) is 2.20. The van der Waals surface area contributed by atoms with Gasteiger partial charge in [-0.15, -0.1) is 0 Å². The van der Waals surface area contributed by atoms with Crippen LogP contribution in [0.2, 0.25) is 0 Å². The molecule has 0 aliphatic heterocycles. The molecule has 2 N–H and O–H groups in total. The van der Waals surface area contributed by atoms with Crippen LogP contribution in [0, 0.1) is 0 Å². The van der Waals surface area contributed by atoms with E-state index in [2.05, 4.69) is 16.9 Å². The first kappa shape index (κ1) is 18.5. The Bertz CT molecular complexity index is 487. The van der Waals surface area contributed by atoms with Gasteiger partial charge in [0.1, 0.15) is 11.4 Å². The van der Waals surface area contributed by atoms with Gasteiger partial charge in [-0.3, -0.25) is 5.32 Å². The van der Waals surface area contributed by atoms with Crippen LogP contribution >= 0.6 is 11.8 Å². The maximum atomic E-state index is 11.8. The van der Waals surface area contributed by atoms with Crippen molar-refractivity contribution in [3.05, 3.63) is 18.2 Å². The number of methoxy groups -OCH3 is 1. The Morgan fingerprint density at radius 2 is 2.05 bits per heavy atom. The van der Waals surface area contributed by atoms with Gasteiger partial charge >= 0.3 is 6.09 Å². The van der Waals surface area contributed by atoms with Gasteiger partial charge in [0.15, 0.2) is 0 Å². The predicted octanol–water partition coefficient (Wildman–Crippen LogP) is 4.21. The highest BCUT2D eigenvalue weighted by Crippen LogP contribution is 2.28. The number of rotatable bonds is 7. The number of hydrogen-bond donors (Lipinski definition) is 2. The van der Waals surface area contributed by atoms with Crippen molar-refractivity contribution in [1.82, 2.24) is 0 Å². The maximum absolute atomic E-state index is 11.8. The second kappa shape index (κ2) is 8.78. The fraction of sp³-hybridized carbons (Fsp3) is 0.562. The van der Waals surface area contributed by atoms with Crippen molar-refractivity contribution >= 4 is 29.2 Å². The molecule has 0 aliphatic rings. The topological polar surface area (TPSA) is 59.6 Å². The van der Waals surface area contributed by atoms with Gasteiger partial charge in [0.25, 0.3) is 0 Å². The lowest BCUT2D eigenvalue weighted by molar-refractivity contribution is 0.0635. The van der Waals surface area contributed by atoms with E-state index in [1.165, 1.54) is 0 Å². The summed E-state index contributed by atoms with van der Waals surface area (Å²) in [5.74, 6) is 1.73. The molecule has 1 aromatic carbocycles. The molecule has 1 aromatic rings. The highest BCUT2D eigenvalue weighted by molar-refractivity contribution is 7.98. The van der Waals surface area contributed by atoms with Crippen molar-refractivity contribution in [2.24, 2.45) is 0 Å². The minimum Gasteiger partial charge on any atom is -0.494 e. The molecule has 6 heteroatoms. The third-order valence-electron chi connectivity index (χ3n) is 2.69. The highest BCUT2D eigenvalue weighted by atomic mass is 32.2. The summed E-state index contributed by atoms with van der Waals surface area (Å²) in [6.45, 7) is 6.38. The standard InChI is InChI=1S/C16H26N2O3S/c1-16(2,3)21-15(19)18-13-8-7-12(11-14(13)20-4)17-9-6-10-22-5/h7-8,11,17H,6,9-10H2,1-5H3,(H,18,19). The van der Waals surface area contributed by atoms with Crippen LogP contribution in [0.4, 0.5) is 16.2 Å². The van der Waals surface area contributed by atoms with E-state index in [0.717, 1.165) is 24.4 Å². The van der Waals surface area contributed by atoms with E-state index >= 15 is 0 Å². The predicted molar refractivity (Wildman–Crippen MR) is 94.3 cm³/mol. The molecule has 1 rings (SSSR count). The van der Waals surface area contributed by atoms with Crippen molar-refractivity contribution in [3.63, 3.8) is 0 Å². The van der Waals surface area contributed by atoms with Crippen LogP contribution in [-0.2, 0) is 4.74 Å². The van der Waals surface area contributed by atoms with Gasteiger partial charge < -0.3 is 14.8 Å². The number of hydrogen-bond acceptors (Lipinski definition) is 5. The van der Waals surface area contributed by atoms with Crippen molar-refractivity contribution < 1.29 is 14.3 Å². The molecule has 0 aliphatic carbocycles. The Labute approximate surface area is 137 Å². The highest BCUT2D eigenvalue weighted by Gasteiger charge is 2.17. The number of nitrogens with one attached hydrogen (secondary N) is 2. The second-order valence-corrected chi connectivity index (χ2v) is 6.80. The Morgan fingerprint density at radius 3 is 2.64 bits per heavy atom. The number of amides is 1. The van der Waals surface area contributed by atoms with Crippen LogP contribution < -0.4 is 15.4 Å². The van der Waals surface area contributed by atoms with Gasteiger partial charge in [0.05, 0.1) is 12.8 Å². The van der Waals surface area contributed by atoms with Crippen LogP contribution in [0.5, 0.6) is 5.75 Å². The molecule has 124 valence electrons. The van der Waals surface area contributed by atoms with Gasteiger partial charge in [-0.05, 0) is 51.3 Å². The molecule has 0 heterocycles. The van der Waals surface area contributed by atoms with Gasteiger partial charge in [-0.25, -0.2) is 4.79 Å². The smallest absolute Gasteiger partial charge is 0.412 e. The lowest BCUT2D eigenvalue weighted by Gasteiger charge is -2.20. The fourth-order valence-electron chi connectivity index (χ4n) is 1.77. The number of carbonyl (C=O) groups is 1. The van der Waals surface area contributed by atoms with Crippen LogP contribution in [0.3, 0.4) is 0 Å². The average molecular weight is 326 g/mol. The second-order valence-electron chi connectivity index (χ2n) is 5.82. The van der Waals surface area contributed by atoms with Crippen molar-refractivity contribution in [2.45, 2.75) is 32.8 Å². The summed E-state index contributed by atoms with van der Waals surface area (Å²) in [5.41, 5.74) is 1.02. The normalized spacial score (nSPS) is 11.0. The molecule has 0 aromatic heterocycles. The number of carbonyl (C=O) groups excluding carboxylic acids is 1. The van der Waals surface area contributed by atoms with Crippen LogP contribution in [-0.4, -0.2) is 37.4 Å². The average Bonchev–Trinajstić information content (AvgIpc) is 2.42. The lowest BCUT2D eigenvalue weighted by Crippen LogP contribution is -2.27. The molecule has 0 saturated carbocycles. The Kier molecular flexibility index (Phi) is 7.38. The van der Waals surface area contributed by atoms with Crippen LogP contribution in [0.25, 0.3) is 0 Å². The number of thioether (sulfide) groups is 1. The van der Waals surface area contributed by atoms with Gasteiger partial charge in [-0.1, -0.05) is 0 Å². The van der Waals surface area contributed by atoms with E-state index in [-0.39, 0.29) is 0 Å². The Balaban J connectivity index is 2.66. The quantitative estimate of drug-likeness (QED) is 0.735. The minimum atomic E-state index is -0.532. The molecule has 22 heavy (non-hydrogen) atoms. The summed E-state index contributed by atoms with van der Waals surface area (Å²) < 4.78 is 10.6. The van der Waals surface area contributed by atoms with Crippen molar-refractivity contribution in [1.29, 1.82) is 0 Å². The van der Waals surface area contributed by atoms with E-state index in [1.54, 1.807) is 13.2 Å². The molecule has 5 nitrogen and oxygen atoms in total. The first-order valence-corrected chi connectivity index (χ1v) is 8.66.